The number of nitrogens with one attached hydrogen (secondary N) is 1. The Kier molecular flexibility index (Phi) is 2.39. The molecule has 0 amide bonds. The Bertz CT molecular complexity index is 533. The summed E-state index contributed by atoms with van der Waals surface area (Å²) in [6, 6.07) is 7.29. The predicted octanol–water partition coefficient (Wildman–Crippen LogP) is 1.75. The molecule has 1 heterocycles. The lowest BCUT2D eigenvalue weighted by atomic mass is 10.1. The molecule has 0 fully saturated rings. The van der Waals surface area contributed by atoms with Crippen molar-refractivity contribution in [1.29, 1.82) is 0 Å². The minimum Gasteiger partial charge on any atom is -0.326 e. The van der Waals surface area contributed by atoms with Gasteiger partial charge in [0.05, 0.1) is 5.52 Å². The van der Waals surface area contributed by atoms with Crippen molar-refractivity contribution >= 4 is 26.8 Å². The summed E-state index contributed by atoms with van der Waals surface area (Å²) in [6.45, 7) is 0.372. The van der Waals surface area contributed by atoms with Crippen LogP contribution in [-0.2, 0) is 6.54 Å². The summed E-state index contributed by atoms with van der Waals surface area (Å²) in [7, 11) is 0. The molecule has 0 radical (unpaired) electrons. The molecule has 0 saturated carbocycles. The van der Waals surface area contributed by atoms with E-state index in [4.69, 9.17) is 5.73 Å². The number of hydrogen-bond acceptors (Lipinski definition) is 2. The number of hydrogen-bond donors (Lipinski definition) is 2. The molecule has 3 nitrogen and oxygen atoms in total. The average Bonchev–Trinajstić information content (AvgIpc) is 2.18. The van der Waals surface area contributed by atoms with Crippen molar-refractivity contribution in [2.45, 2.75) is 6.54 Å². The molecule has 2 aromatic rings. The molecule has 72 valence electrons. The fourth-order valence-electron chi connectivity index (χ4n) is 1.48. The quantitative estimate of drug-likeness (QED) is 0.813. The van der Waals surface area contributed by atoms with E-state index in [0.29, 0.717) is 6.54 Å². The number of para-hydroxylation sites is 1. The van der Waals surface area contributed by atoms with Crippen molar-refractivity contribution in [3.8, 4) is 0 Å². The van der Waals surface area contributed by atoms with Gasteiger partial charge in [-0.15, -0.1) is 0 Å². The SMILES string of the molecule is NCc1cc(=O)[nH]c2c(Br)cccc12. The number of halogens is 1. The van der Waals surface area contributed by atoms with Gasteiger partial charge < -0.3 is 10.7 Å². The molecule has 4 heteroatoms. The Hall–Kier alpha value is -1.13. The Morgan fingerprint density at radius 3 is 2.93 bits per heavy atom. The molecule has 0 saturated heterocycles. The maximum atomic E-state index is 11.3. The fourth-order valence-corrected chi connectivity index (χ4v) is 1.95. The van der Waals surface area contributed by atoms with E-state index >= 15 is 0 Å². The van der Waals surface area contributed by atoms with Gasteiger partial charge in [-0.2, -0.15) is 0 Å². The molecule has 0 aliphatic carbocycles. The second kappa shape index (κ2) is 3.55. The Morgan fingerprint density at radius 2 is 2.21 bits per heavy atom. The topological polar surface area (TPSA) is 58.9 Å². The van der Waals surface area contributed by atoms with Gasteiger partial charge in [-0.25, -0.2) is 0 Å². The van der Waals surface area contributed by atoms with Crippen LogP contribution in [-0.4, -0.2) is 4.98 Å². The normalized spacial score (nSPS) is 10.7. The molecule has 3 N–H and O–H groups in total. The Labute approximate surface area is 89.1 Å². The molecule has 0 aliphatic heterocycles. The lowest BCUT2D eigenvalue weighted by Crippen LogP contribution is -2.09. The van der Waals surface area contributed by atoms with E-state index in [1.165, 1.54) is 6.07 Å². The first-order chi connectivity index (χ1) is 6.72. The largest absolute Gasteiger partial charge is 0.326 e. The highest BCUT2D eigenvalue weighted by Crippen LogP contribution is 2.22. The summed E-state index contributed by atoms with van der Waals surface area (Å²) in [5.41, 5.74) is 7.12. The highest BCUT2D eigenvalue weighted by molar-refractivity contribution is 9.10. The zero-order valence-electron chi connectivity index (χ0n) is 7.38. The van der Waals surface area contributed by atoms with Crippen LogP contribution in [0.1, 0.15) is 5.56 Å². The summed E-state index contributed by atoms with van der Waals surface area (Å²) in [6.07, 6.45) is 0. The lowest BCUT2D eigenvalue weighted by Gasteiger charge is -2.04. The van der Waals surface area contributed by atoms with E-state index in [9.17, 15) is 4.79 Å². The molecule has 0 spiro atoms. The predicted molar refractivity (Wildman–Crippen MR) is 60.2 cm³/mol. The molecule has 2 rings (SSSR count). The smallest absolute Gasteiger partial charge is 0.248 e. The van der Waals surface area contributed by atoms with E-state index in [2.05, 4.69) is 20.9 Å². The van der Waals surface area contributed by atoms with Crippen LogP contribution in [0.4, 0.5) is 0 Å². The first-order valence-corrected chi connectivity index (χ1v) is 5.02. The lowest BCUT2D eigenvalue weighted by molar-refractivity contribution is 1.07. The molecule has 0 unspecified atom stereocenters. The minimum absolute atomic E-state index is 0.121. The van der Waals surface area contributed by atoms with E-state index in [1.54, 1.807) is 0 Å². The Balaban J connectivity index is 2.94. The summed E-state index contributed by atoms with van der Waals surface area (Å²) in [4.78, 5) is 14.1. The minimum atomic E-state index is -0.121. The standard InChI is InChI=1S/C10H9BrN2O/c11-8-3-1-2-7-6(5-12)4-9(14)13-10(7)8/h1-4H,5,12H2,(H,13,14). The number of aromatic amines is 1. The summed E-state index contributed by atoms with van der Waals surface area (Å²) in [5.74, 6) is 0. The number of nitrogens with two attached hydrogens (primary N) is 1. The van der Waals surface area contributed by atoms with Crippen molar-refractivity contribution in [2.24, 2.45) is 5.73 Å². The van der Waals surface area contributed by atoms with Gasteiger partial charge in [0, 0.05) is 22.5 Å². The van der Waals surface area contributed by atoms with Gasteiger partial charge in [-0.05, 0) is 27.6 Å². The molecule has 14 heavy (non-hydrogen) atoms. The Morgan fingerprint density at radius 1 is 1.43 bits per heavy atom. The third-order valence-electron chi connectivity index (χ3n) is 2.13. The fraction of sp³-hybridized carbons (Fsp3) is 0.100. The van der Waals surface area contributed by atoms with E-state index in [0.717, 1.165) is 20.9 Å². The first-order valence-electron chi connectivity index (χ1n) is 4.23. The number of pyridine rings is 1. The molecular formula is C10H9BrN2O. The summed E-state index contributed by atoms with van der Waals surface area (Å²) in [5, 5.41) is 0.987. The number of rotatable bonds is 1. The van der Waals surface area contributed by atoms with Crippen LogP contribution in [0.25, 0.3) is 10.9 Å². The molecule has 1 aromatic heterocycles. The van der Waals surface area contributed by atoms with E-state index in [-0.39, 0.29) is 5.56 Å². The third-order valence-corrected chi connectivity index (χ3v) is 2.79. The number of fused-ring (bicyclic) bond motifs is 1. The zero-order valence-corrected chi connectivity index (χ0v) is 8.97. The second-order valence-electron chi connectivity index (χ2n) is 3.03. The van der Waals surface area contributed by atoms with E-state index in [1.807, 2.05) is 18.2 Å². The van der Waals surface area contributed by atoms with Crippen LogP contribution in [0.2, 0.25) is 0 Å². The summed E-state index contributed by atoms with van der Waals surface area (Å²) >= 11 is 3.38. The molecule has 0 bridgehead atoms. The van der Waals surface area contributed by atoms with Gasteiger partial charge in [0.15, 0.2) is 0 Å². The van der Waals surface area contributed by atoms with Gasteiger partial charge in [-0.1, -0.05) is 12.1 Å². The maximum absolute atomic E-state index is 11.3. The van der Waals surface area contributed by atoms with Crippen LogP contribution in [0, 0.1) is 0 Å². The number of H-pyrrole nitrogens is 1. The van der Waals surface area contributed by atoms with Crippen molar-refractivity contribution in [3.63, 3.8) is 0 Å². The van der Waals surface area contributed by atoms with Gasteiger partial charge in [0.25, 0.3) is 0 Å². The first kappa shape index (κ1) is 9.43. The van der Waals surface area contributed by atoms with Gasteiger partial charge in [0.1, 0.15) is 0 Å². The van der Waals surface area contributed by atoms with E-state index < -0.39 is 0 Å². The third kappa shape index (κ3) is 1.47. The van der Waals surface area contributed by atoms with Crippen LogP contribution in [0.5, 0.6) is 0 Å². The van der Waals surface area contributed by atoms with Crippen LogP contribution < -0.4 is 11.3 Å². The average molecular weight is 253 g/mol. The van der Waals surface area contributed by atoms with Crippen molar-refractivity contribution in [1.82, 2.24) is 4.98 Å². The zero-order chi connectivity index (χ0) is 10.1. The highest BCUT2D eigenvalue weighted by Gasteiger charge is 2.03. The van der Waals surface area contributed by atoms with Crippen LogP contribution >= 0.6 is 15.9 Å². The van der Waals surface area contributed by atoms with Crippen LogP contribution in [0.3, 0.4) is 0 Å². The number of aromatic nitrogens is 1. The second-order valence-corrected chi connectivity index (χ2v) is 3.88. The molecular weight excluding hydrogens is 244 g/mol. The highest BCUT2D eigenvalue weighted by atomic mass is 79.9. The van der Waals surface area contributed by atoms with Gasteiger partial charge in [0.2, 0.25) is 5.56 Å². The molecule has 0 aliphatic rings. The molecule has 0 atom stereocenters. The number of benzene rings is 1. The van der Waals surface area contributed by atoms with Crippen LogP contribution in [0.15, 0.2) is 33.5 Å². The van der Waals surface area contributed by atoms with Crippen molar-refractivity contribution in [3.05, 3.63) is 44.7 Å². The van der Waals surface area contributed by atoms with Crippen molar-refractivity contribution < 1.29 is 0 Å². The maximum Gasteiger partial charge on any atom is 0.248 e. The monoisotopic (exact) mass is 252 g/mol. The van der Waals surface area contributed by atoms with Crippen molar-refractivity contribution in [2.75, 3.05) is 0 Å². The van der Waals surface area contributed by atoms with Gasteiger partial charge >= 0.3 is 0 Å². The molecule has 1 aromatic carbocycles. The summed E-state index contributed by atoms with van der Waals surface area (Å²) < 4.78 is 0.877. The van der Waals surface area contributed by atoms with Gasteiger partial charge in [-0.3, -0.25) is 4.79 Å².